The minimum absolute atomic E-state index is 0.0220. The maximum atomic E-state index is 13.8. The monoisotopic (exact) mass is 569 g/mol. The number of aryl methyl sites for hydroxylation is 2. The number of rotatable bonds is 6. The smallest absolute Gasteiger partial charge is 0.364 e. The number of hydrogen-bond donors (Lipinski definition) is 1. The molecule has 0 atom stereocenters. The van der Waals surface area contributed by atoms with Crippen LogP contribution in [0.15, 0.2) is 67.4 Å². The first-order valence-corrected chi connectivity index (χ1v) is 12.7. The summed E-state index contributed by atoms with van der Waals surface area (Å²) in [4.78, 5) is 23.6. The molecule has 0 radical (unpaired) electrons. The summed E-state index contributed by atoms with van der Waals surface area (Å²) in [5.41, 5.74) is 1.98. The summed E-state index contributed by atoms with van der Waals surface area (Å²) in [5, 5.41) is 21.0. The van der Waals surface area contributed by atoms with Crippen molar-refractivity contribution < 1.29 is 18.0 Å². The molecule has 0 saturated carbocycles. The van der Waals surface area contributed by atoms with Crippen molar-refractivity contribution in [1.82, 2.24) is 29.3 Å². The number of nitriles is 1. The van der Waals surface area contributed by atoms with Crippen molar-refractivity contribution in [1.29, 1.82) is 5.26 Å². The highest BCUT2D eigenvalue weighted by Gasteiger charge is 2.40. The predicted octanol–water partition coefficient (Wildman–Crippen LogP) is 4.94. The summed E-state index contributed by atoms with van der Waals surface area (Å²) in [5.74, 6) is 0.460. The molecule has 0 aliphatic carbocycles. The second-order valence-corrected chi connectivity index (χ2v) is 9.84. The van der Waals surface area contributed by atoms with E-state index in [1.165, 1.54) is 17.0 Å². The van der Waals surface area contributed by atoms with Gasteiger partial charge in [-0.15, -0.1) is 10.2 Å². The van der Waals surface area contributed by atoms with Crippen molar-refractivity contribution in [3.63, 3.8) is 0 Å². The maximum absolute atomic E-state index is 13.8. The Morgan fingerprint density at radius 3 is 2.57 bits per heavy atom. The summed E-state index contributed by atoms with van der Waals surface area (Å²) < 4.78 is 44.9. The molecule has 210 valence electrons. The van der Waals surface area contributed by atoms with E-state index in [9.17, 15) is 23.2 Å². The second-order valence-electron chi connectivity index (χ2n) is 9.84. The third-order valence-electron chi connectivity index (χ3n) is 6.98. The molecular weight excluding hydrogens is 547 g/mol. The predicted molar refractivity (Wildman–Crippen MR) is 147 cm³/mol. The summed E-state index contributed by atoms with van der Waals surface area (Å²) in [6.07, 6.45) is 0.424. The number of nitrogens with one attached hydrogen (secondary N) is 1. The third kappa shape index (κ3) is 4.83. The first-order valence-electron chi connectivity index (χ1n) is 12.7. The van der Waals surface area contributed by atoms with E-state index in [2.05, 4.69) is 31.6 Å². The molecule has 2 aromatic carbocycles. The first-order chi connectivity index (χ1) is 20.1. The molecule has 1 aliphatic rings. The Morgan fingerprint density at radius 2 is 1.88 bits per heavy atom. The van der Waals surface area contributed by atoms with Crippen LogP contribution in [0.5, 0.6) is 0 Å². The van der Waals surface area contributed by atoms with E-state index in [0.717, 1.165) is 11.8 Å². The summed E-state index contributed by atoms with van der Waals surface area (Å²) >= 11 is 0. The van der Waals surface area contributed by atoms with Gasteiger partial charge in [0.2, 0.25) is 0 Å². The highest BCUT2D eigenvalue weighted by molar-refractivity contribution is 6.10. The number of halogens is 3. The lowest BCUT2D eigenvalue weighted by Crippen LogP contribution is -2.24. The van der Waals surface area contributed by atoms with Gasteiger partial charge in [0.05, 0.1) is 42.3 Å². The van der Waals surface area contributed by atoms with Crippen molar-refractivity contribution in [3.05, 3.63) is 95.3 Å². The number of alkyl halides is 3. The minimum atomic E-state index is -4.62. The Kier molecular flexibility index (Phi) is 6.45. The lowest BCUT2D eigenvalue weighted by molar-refractivity contribution is -0.138. The van der Waals surface area contributed by atoms with Crippen LogP contribution < -0.4 is 10.2 Å². The Balaban J connectivity index is 1.49. The van der Waals surface area contributed by atoms with Crippen LogP contribution in [0.3, 0.4) is 0 Å². The van der Waals surface area contributed by atoms with Crippen molar-refractivity contribution in [2.24, 2.45) is 14.1 Å². The average Bonchev–Trinajstić information content (AvgIpc) is 3.69. The van der Waals surface area contributed by atoms with Gasteiger partial charge in [-0.3, -0.25) is 9.69 Å². The Hall–Kier alpha value is -5.51. The van der Waals surface area contributed by atoms with Gasteiger partial charge in [-0.25, -0.2) is 9.97 Å². The molecule has 1 N–H and O–H groups in total. The van der Waals surface area contributed by atoms with Gasteiger partial charge in [-0.05, 0) is 59.2 Å². The molecule has 10 nitrogen and oxygen atoms in total. The van der Waals surface area contributed by atoms with Crippen molar-refractivity contribution >= 4 is 17.5 Å². The topological polar surface area (TPSA) is 118 Å². The van der Waals surface area contributed by atoms with E-state index in [-0.39, 0.29) is 23.5 Å². The Morgan fingerprint density at radius 1 is 1.05 bits per heavy atom. The van der Waals surface area contributed by atoms with Crippen LogP contribution >= 0.6 is 0 Å². The van der Waals surface area contributed by atoms with Crippen molar-refractivity contribution in [2.75, 3.05) is 10.2 Å². The zero-order chi connectivity index (χ0) is 29.6. The number of fused-ring (bicyclic) bond motifs is 1. The quantitative estimate of drug-likeness (QED) is 0.308. The molecule has 5 aromatic rings. The van der Waals surface area contributed by atoms with E-state index in [0.29, 0.717) is 40.4 Å². The van der Waals surface area contributed by atoms with Gasteiger partial charge in [0.25, 0.3) is 5.91 Å². The van der Waals surface area contributed by atoms with Crippen LogP contribution in [-0.4, -0.2) is 35.2 Å². The number of nitrogens with zero attached hydrogens (tertiary/aromatic N) is 8. The maximum Gasteiger partial charge on any atom is 0.416 e. The normalized spacial score (nSPS) is 12.9. The van der Waals surface area contributed by atoms with Crippen LogP contribution in [0.1, 0.15) is 32.7 Å². The number of benzene rings is 2. The SMILES string of the molecule is Cn1cnc(CNc2cc(-c3cc(C#N)ccc3-c3nncn3C)cc(N3Cc4c(cccc4C(F)(F)F)C3=O)n2)c1. The first kappa shape index (κ1) is 26.7. The fourth-order valence-electron chi connectivity index (χ4n) is 5.00. The molecule has 0 fully saturated rings. The lowest BCUT2D eigenvalue weighted by Gasteiger charge is -2.19. The van der Waals surface area contributed by atoms with E-state index in [1.54, 1.807) is 59.2 Å². The standard InChI is InChI=1S/C29H22F3N9O/c1-39-13-19(35-15-39)12-34-25-9-18(22-8-17(11-33)6-7-20(22)27-38-36-16-40(27)2)10-26(37-25)41-14-23-21(28(41)42)4-3-5-24(23)29(30,31)32/h3-10,13,15-16H,12,14H2,1-2H3,(H,34,37). The third-order valence-corrected chi connectivity index (χ3v) is 6.98. The molecule has 13 heteroatoms. The fourth-order valence-corrected chi connectivity index (χ4v) is 5.00. The van der Waals surface area contributed by atoms with Gasteiger partial charge >= 0.3 is 6.18 Å². The van der Waals surface area contributed by atoms with Gasteiger partial charge in [0.1, 0.15) is 18.0 Å². The highest BCUT2D eigenvalue weighted by atomic mass is 19.4. The van der Waals surface area contributed by atoms with Crippen LogP contribution in [0, 0.1) is 11.3 Å². The molecular formula is C29H22F3N9O. The van der Waals surface area contributed by atoms with Crippen LogP contribution in [0.2, 0.25) is 0 Å². The molecule has 0 bridgehead atoms. The molecule has 0 spiro atoms. The molecule has 1 amide bonds. The zero-order valence-electron chi connectivity index (χ0n) is 22.4. The molecule has 0 saturated heterocycles. The largest absolute Gasteiger partial charge is 0.416 e. The van der Waals surface area contributed by atoms with Gasteiger partial charge in [-0.1, -0.05) is 6.07 Å². The van der Waals surface area contributed by atoms with Crippen molar-refractivity contribution in [3.8, 4) is 28.6 Å². The van der Waals surface area contributed by atoms with Crippen LogP contribution in [0.4, 0.5) is 24.8 Å². The number of pyridine rings is 1. The van der Waals surface area contributed by atoms with Gasteiger partial charge in [0.15, 0.2) is 5.82 Å². The average molecular weight is 570 g/mol. The van der Waals surface area contributed by atoms with E-state index in [4.69, 9.17) is 0 Å². The van der Waals surface area contributed by atoms with E-state index in [1.807, 2.05) is 13.2 Å². The van der Waals surface area contributed by atoms with E-state index < -0.39 is 17.6 Å². The van der Waals surface area contributed by atoms with Crippen molar-refractivity contribution in [2.45, 2.75) is 19.3 Å². The molecule has 4 heterocycles. The summed E-state index contributed by atoms with van der Waals surface area (Å²) in [7, 11) is 3.63. The number of carbonyl (C=O) groups excluding carboxylic acids is 1. The fraction of sp³-hybridized carbons (Fsp3) is 0.172. The molecule has 42 heavy (non-hydrogen) atoms. The second kappa shape index (κ2) is 10.2. The minimum Gasteiger partial charge on any atom is -0.364 e. The summed E-state index contributed by atoms with van der Waals surface area (Å²) in [6.45, 7) is 0.00582. The Bertz CT molecular complexity index is 1880. The molecule has 0 unspecified atom stereocenters. The Labute approximate surface area is 237 Å². The van der Waals surface area contributed by atoms with Gasteiger partial charge in [0, 0.05) is 31.4 Å². The number of imidazole rings is 1. The number of aromatic nitrogens is 6. The molecule has 6 rings (SSSR count). The van der Waals surface area contributed by atoms with Gasteiger partial charge < -0.3 is 14.5 Å². The molecule has 1 aliphatic heterocycles. The lowest BCUT2D eigenvalue weighted by atomic mass is 9.97. The van der Waals surface area contributed by atoms with Crippen LogP contribution in [-0.2, 0) is 33.4 Å². The number of amides is 1. The zero-order valence-corrected chi connectivity index (χ0v) is 22.4. The van der Waals surface area contributed by atoms with Gasteiger partial charge in [-0.2, -0.15) is 18.4 Å². The number of carbonyl (C=O) groups is 1. The van der Waals surface area contributed by atoms with E-state index >= 15 is 0 Å². The molecule has 3 aromatic heterocycles. The van der Waals surface area contributed by atoms with Crippen LogP contribution in [0.25, 0.3) is 22.5 Å². The number of anilines is 2. The summed E-state index contributed by atoms with van der Waals surface area (Å²) in [6, 6.07) is 14.2. The highest BCUT2D eigenvalue weighted by Crippen LogP contribution is 2.40. The number of hydrogen-bond acceptors (Lipinski definition) is 7.